The predicted octanol–water partition coefficient (Wildman–Crippen LogP) is 1.93. The summed E-state index contributed by atoms with van der Waals surface area (Å²) in [6, 6.07) is 0. The molecule has 14 heavy (non-hydrogen) atoms. The molecule has 0 aromatic carbocycles. The highest BCUT2D eigenvalue weighted by Gasteiger charge is 2.08. The summed E-state index contributed by atoms with van der Waals surface area (Å²) < 4.78 is 5.22. The lowest BCUT2D eigenvalue weighted by atomic mass is 10.5. The van der Waals surface area contributed by atoms with Crippen LogP contribution in [-0.4, -0.2) is 22.7 Å². The molecule has 1 N–H and O–H groups in total. The van der Waals surface area contributed by atoms with E-state index in [2.05, 4.69) is 4.98 Å². The number of rotatable bonds is 5. The molecule has 0 aliphatic heterocycles. The third-order valence-corrected chi connectivity index (χ3v) is 2.31. The summed E-state index contributed by atoms with van der Waals surface area (Å²) in [6.45, 7) is 2.79. The zero-order valence-electron chi connectivity index (χ0n) is 7.77. The Morgan fingerprint density at radius 1 is 1.79 bits per heavy atom. The molecule has 0 aliphatic carbocycles. The number of thiazole rings is 1. The van der Waals surface area contributed by atoms with E-state index in [1.807, 2.05) is 19.1 Å². The highest BCUT2D eigenvalue weighted by molar-refractivity contribution is 7.11. The van der Waals surface area contributed by atoms with Crippen molar-refractivity contribution in [3.05, 3.63) is 28.2 Å². The Balaban J connectivity index is 2.40. The molecular weight excluding hydrogens is 202 g/mol. The summed E-state index contributed by atoms with van der Waals surface area (Å²) in [6.07, 6.45) is 3.77. The smallest absolute Gasteiger partial charge is 0.365 e. The lowest BCUT2D eigenvalue weighted by Crippen LogP contribution is -1.97. The largest absolute Gasteiger partial charge is 0.476 e. The Hall–Kier alpha value is -1.20. The zero-order chi connectivity index (χ0) is 10.4. The normalized spacial score (nSPS) is 10.9. The van der Waals surface area contributed by atoms with Gasteiger partial charge in [0.1, 0.15) is 0 Å². The first-order valence-corrected chi connectivity index (χ1v) is 4.98. The molecule has 5 heteroatoms. The maximum absolute atomic E-state index is 10.5. The van der Waals surface area contributed by atoms with E-state index in [4.69, 9.17) is 9.84 Å². The minimum atomic E-state index is -0.991. The van der Waals surface area contributed by atoms with Gasteiger partial charge in [0.2, 0.25) is 5.01 Å². The maximum Gasteiger partial charge on any atom is 0.365 e. The monoisotopic (exact) mass is 213 g/mol. The molecule has 1 heterocycles. The molecular formula is C9H11NO3S. The molecule has 0 bridgehead atoms. The van der Waals surface area contributed by atoms with E-state index in [0.717, 1.165) is 11.3 Å². The van der Waals surface area contributed by atoms with Crippen LogP contribution in [0.3, 0.4) is 0 Å². The summed E-state index contributed by atoms with van der Waals surface area (Å²) in [5, 5.41) is 10.4. The number of carbonyl (C=O) groups is 1. The van der Waals surface area contributed by atoms with Gasteiger partial charge in [-0.05, 0) is 6.92 Å². The van der Waals surface area contributed by atoms with E-state index in [1.54, 1.807) is 5.38 Å². The fourth-order valence-corrected chi connectivity index (χ4v) is 1.44. The SMILES string of the molecule is CC=CCOCc1csc(C(=O)O)n1. The van der Waals surface area contributed by atoms with Crippen LogP contribution in [0.25, 0.3) is 0 Å². The molecule has 1 aromatic heterocycles. The van der Waals surface area contributed by atoms with Crippen molar-refractivity contribution in [1.82, 2.24) is 4.98 Å². The first-order chi connectivity index (χ1) is 6.74. The number of aromatic carboxylic acids is 1. The van der Waals surface area contributed by atoms with Crippen LogP contribution in [0.2, 0.25) is 0 Å². The number of carboxylic acid groups (broad SMARTS) is 1. The van der Waals surface area contributed by atoms with E-state index >= 15 is 0 Å². The van der Waals surface area contributed by atoms with Crippen molar-refractivity contribution in [2.24, 2.45) is 0 Å². The highest BCUT2D eigenvalue weighted by atomic mass is 32.1. The molecule has 1 aromatic rings. The van der Waals surface area contributed by atoms with Gasteiger partial charge < -0.3 is 9.84 Å². The first kappa shape index (κ1) is 10.9. The molecule has 4 nitrogen and oxygen atoms in total. The Bertz CT molecular complexity index is 333. The van der Waals surface area contributed by atoms with Crippen LogP contribution in [0.15, 0.2) is 17.5 Å². The zero-order valence-corrected chi connectivity index (χ0v) is 8.58. The van der Waals surface area contributed by atoms with Crippen molar-refractivity contribution in [1.29, 1.82) is 0 Å². The van der Waals surface area contributed by atoms with Gasteiger partial charge >= 0.3 is 5.97 Å². The van der Waals surface area contributed by atoms with E-state index in [-0.39, 0.29) is 5.01 Å². The van der Waals surface area contributed by atoms with E-state index < -0.39 is 5.97 Å². The molecule has 0 spiro atoms. The third-order valence-electron chi connectivity index (χ3n) is 1.43. The minimum absolute atomic E-state index is 0.106. The minimum Gasteiger partial charge on any atom is -0.476 e. The van der Waals surface area contributed by atoms with Gasteiger partial charge in [-0.3, -0.25) is 0 Å². The number of nitrogens with zero attached hydrogens (tertiary/aromatic N) is 1. The van der Waals surface area contributed by atoms with Crippen LogP contribution >= 0.6 is 11.3 Å². The number of ether oxygens (including phenoxy) is 1. The number of hydrogen-bond donors (Lipinski definition) is 1. The average Bonchev–Trinajstić information content (AvgIpc) is 2.61. The van der Waals surface area contributed by atoms with Crippen molar-refractivity contribution >= 4 is 17.3 Å². The average molecular weight is 213 g/mol. The van der Waals surface area contributed by atoms with Gasteiger partial charge in [-0.2, -0.15) is 0 Å². The summed E-state index contributed by atoms with van der Waals surface area (Å²) >= 11 is 1.11. The highest BCUT2D eigenvalue weighted by Crippen LogP contribution is 2.10. The van der Waals surface area contributed by atoms with Gasteiger partial charge in [0.25, 0.3) is 0 Å². The summed E-state index contributed by atoms with van der Waals surface area (Å²) in [5.41, 5.74) is 0.664. The van der Waals surface area contributed by atoms with Crippen LogP contribution in [0.5, 0.6) is 0 Å². The number of carboxylic acids is 1. The van der Waals surface area contributed by atoms with Gasteiger partial charge in [0, 0.05) is 5.38 Å². The van der Waals surface area contributed by atoms with E-state index in [9.17, 15) is 4.79 Å². The Morgan fingerprint density at radius 3 is 3.14 bits per heavy atom. The fourth-order valence-electron chi connectivity index (χ4n) is 0.799. The summed E-state index contributed by atoms with van der Waals surface area (Å²) in [4.78, 5) is 14.4. The molecule has 0 radical (unpaired) electrons. The summed E-state index contributed by atoms with van der Waals surface area (Å²) in [5.74, 6) is -0.991. The number of hydrogen-bond acceptors (Lipinski definition) is 4. The second-order valence-electron chi connectivity index (χ2n) is 2.53. The Morgan fingerprint density at radius 2 is 2.57 bits per heavy atom. The standard InChI is InChI=1S/C9H11NO3S/c1-2-3-4-13-5-7-6-14-8(10-7)9(11)12/h2-3,6H,4-5H2,1H3,(H,11,12). The third kappa shape index (κ3) is 3.27. The van der Waals surface area contributed by atoms with Crippen LogP contribution < -0.4 is 0 Å². The maximum atomic E-state index is 10.5. The molecule has 0 unspecified atom stereocenters. The van der Waals surface area contributed by atoms with Crippen molar-refractivity contribution < 1.29 is 14.6 Å². The van der Waals surface area contributed by atoms with Crippen LogP contribution in [-0.2, 0) is 11.3 Å². The molecule has 0 saturated heterocycles. The molecule has 0 saturated carbocycles. The van der Waals surface area contributed by atoms with Crippen molar-refractivity contribution in [3.63, 3.8) is 0 Å². The van der Waals surface area contributed by atoms with Gasteiger partial charge in [-0.25, -0.2) is 9.78 Å². The predicted molar refractivity (Wildman–Crippen MR) is 53.5 cm³/mol. The molecule has 0 aliphatic rings. The van der Waals surface area contributed by atoms with Crippen LogP contribution in [0.1, 0.15) is 22.4 Å². The van der Waals surface area contributed by atoms with Crippen molar-refractivity contribution in [3.8, 4) is 0 Å². The van der Waals surface area contributed by atoms with Crippen LogP contribution in [0.4, 0.5) is 0 Å². The lowest BCUT2D eigenvalue weighted by Gasteiger charge is -1.95. The molecule has 1 rings (SSSR count). The van der Waals surface area contributed by atoms with Crippen molar-refractivity contribution in [2.45, 2.75) is 13.5 Å². The molecule has 0 amide bonds. The second-order valence-corrected chi connectivity index (χ2v) is 3.39. The Kier molecular flexibility index (Phi) is 4.28. The molecule has 76 valence electrons. The van der Waals surface area contributed by atoms with Gasteiger partial charge in [-0.1, -0.05) is 12.2 Å². The first-order valence-electron chi connectivity index (χ1n) is 4.10. The molecule has 0 atom stereocenters. The van der Waals surface area contributed by atoms with E-state index in [1.165, 1.54) is 0 Å². The quantitative estimate of drug-likeness (QED) is 0.599. The van der Waals surface area contributed by atoms with Crippen molar-refractivity contribution in [2.75, 3.05) is 6.61 Å². The fraction of sp³-hybridized carbons (Fsp3) is 0.333. The topological polar surface area (TPSA) is 59.4 Å². The lowest BCUT2D eigenvalue weighted by molar-refractivity contribution is 0.0695. The Labute approximate surface area is 85.9 Å². The van der Waals surface area contributed by atoms with Crippen LogP contribution in [0, 0.1) is 0 Å². The van der Waals surface area contributed by atoms with Gasteiger partial charge in [-0.15, -0.1) is 11.3 Å². The number of aromatic nitrogens is 1. The van der Waals surface area contributed by atoms with Gasteiger partial charge in [0.05, 0.1) is 18.9 Å². The molecule has 0 fully saturated rings. The van der Waals surface area contributed by atoms with Gasteiger partial charge in [0.15, 0.2) is 0 Å². The second kappa shape index (κ2) is 5.51. The number of allylic oxidation sites excluding steroid dienone is 1. The van der Waals surface area contributed by atoms with E-state index in [0.29, 0.717) is 18.9 Å². The summed E-state index contributed by atoms with van der Waals surface area (Å²) in [7, 11) is 0.